The summed E-state index contributed by atoms with van der Waals surface area (Å²) in [6.07, 6.45) is 0. The first-order valence-electron chi connectivity index (χ1n) is 8.29. The fourth-order valence-corrected chi connectivity index (χ4v) is 4.46. The van der Waals surface area contributed by atoms with Gasteiger partial charge in [-0.25, -0.2) is 0 Å². The maximum absolute atomic E-state index is 12.2. The fraction of sp³-hybridized carbons (Fsp3) is 0.136. The Morgan fingerprint density at radius 1 is 0.679 bits per heavy atom. The van der Waals surface area contributed by atoms with Gasteiger partial charge in [0.05, 0.1) is 0 Å². The number of hydrogen-bond acceptors (Lipinski definition) is 6. The zero-order valence-corrected chi connectivity index (χ0v) is 18.4. The Bertz CT molecular complexity index is 1030. The van der Waals surface area contributed by atoms with Crippen LogP contribution in [0.2, 0.25) is 0 Å². The van der Waals surface area contributed by atoms with Crippen LogP contribution in [0.15, 0.2) is 81.5 Å². The van der Waals surface area contributed by atoms with E-state index < -0.39 is 0 Å². The van der Waals surface area contributed by atoms with Gasteiger partial charge in [0.2, 0.25) is 15.3 Å². The van der Waals surface area contributed by atoms with Gasteiger partial charge >= 0.3 is 0 Å². The molecule has 2 rings (SSSR count). The van der Waals surface area contributed by atoms with Crippen LogP contribution in [0, 0.1) is 0 Å². The monoisotopic (exact) mass is 428 g/mol. The van der Waals surface area contributed by atoms with Crippen LogP contribution in [0.1, 0.15) is 20.8 Å². The molecule has 0 aliphatic carbocycles. The summed E-state index contributed by atoms with van der Waals surface area (Å²) in [5.74, 6) is 0. The molecule has 0 atom stereocenters. The first-order valence-corrected chi connectivity index (χ1v) is 10.7. The molecule has 0 aliphatic heterocycles. The zero-order valence-electron chi connectivity index (χ0n) is 16.0. The minimum atomic E-state index is -0.135. The minimum absolute atomic E-state index is 0.102. The van der Waals surface area contributed by atoms with E-state index in [1.54, 1.807) is 20.8 Å². The quantitative estimate of drug-likeness (QED) is 0.391. The first kappa shape index (κ1) is 22.3. The van der Waals surface area contributed by atoms with Gasteiger partial charge in [0.25, 0.3) is 0 Å². The molecule has 3 nitrogen and oxygen atoms in total. The lowest BCUT2D eigenvalue weighted by molar-refractivity contribution is -0.108. The van der Waals surface area contributed by atoms with E-state index in [-0.39, 0.29) is 15.3 Å². The summed E-state index contributed by atoms with van der Waals surface area (Å²) in [6, 6.07) is 9.31. The third-order valence-electron chi connectivity index (χ3n) is 3.53. The molecule has 0 aromatic heterocycles. The maximum Gasteiger partial charge on any atom is 0.219 e. The number of benzene rings is 2. The predicted octanol–water partition coefficient (Wildman–Crippen LogP) is 6.42. The van der Waals surface area contributed by atoms with Gasteiger partial charge in [-0.2, -0.15) is 0 Å². The summed E-state index contributed by atoms with van der Waals surface area (Å²) in [7, 11) is 0. The molecule has 0 spiro atoms. The van der Waals surface area contributed by atoms with Crippen molar-refractivity contribution < 1.29 is 14.4 Å². The highest BCUT2D eigenvalue weighted by Crippen LogP contribution is 2.37. The molecule has 0 aliphatic rings. The molecule has 0 fully saturated rings. The summed E-state index contributed by atoms with van der Waals surface area (Å²) in [6.45, 7) is 16.0. The molecule has 0 amide bonds. The average Bonchev–Trinajstić information content (AvgIpc) is 2.60. The van der Waals surface area contributed by atoms with Crippen molar-refractivity contribution in [2.24, 2.45) is 0 Å². The average molecular weight is 429 g/mol. The van der Waals surface area contributed by atoms with Gasteiger partial charge in [-0.3, -0.25) is 14.4 Å². The Hall–Kier alpha value is -2.02. The molecule has 2 aromatic carbocycles. The third-order valence-corrected chi connectivity index (χ3v) is 6.65. The van der Waals surface area contributed by atoms with E-state index in [1.165, 1.54) is 0 Å². The van der Waals surface area contributed by atoms with Crippen LogP contribution in [0.4, 0.5) is 0 Å². The second kappa shape index (κ2) is 9.45. The lowest BCUT2D eigenvalue weighted by Gasteiger charge is -2.11. The third kappa shape index (κ3) is 5.74. The van der Waals surface area contributed by atoms with Crippen molar-refractivity contribution in [2.75, 3.05) is 0 Å². The van der Waals surface area contributed by atoms with Crippen molar-refractivity contribution in [3.8, 4) is 0 Å². The number of hydrogen-bond donors (Lipinski definition) is 0. The van der Waals surface area contributed by atoms with E-state index in [9.17, 15) is 14.4 Å². The minimum Gasteiger partial charge on any atom is -0.282 e. The topological polar surface area (TPSA) is 51.2 Å². The highest BCUT2D eigenvalue weighted by Gasteiger charge is 2.14. The van der Waals surface area contributed by atoms with Crippen LogP contribution >= 0.6 is 35.3 Å². The molecule has 0 saturated carbocycles. The molecule has 0 unspecified atom stereocenters. The van der Waals surface area contributed by atoms with Crippen LogP contribution < -0.4 is 0 Å². The Morgan fingerprint density at radius 2 is 1.14 bits per heavy atom. The first-order chi connectivity index (χ1) is 13.1. The van der Waals surface area contributed by atoms with Gasteiger partial charge in [0.15, 0.2) is 0 Å². The van der Waals surface area contributed by atoms with Crippen molar-refractivity contribution in [3.63, 3.8) is 0 Å². The van der Waals surface area contributed by atoms with Crippen LogP contribution in [-0.2, 0) is 14.4 Å². The SMILES string of the molecule is C=C(C)C(=O)Sc1ccc2c(SC(=O)C(=C)C)cc(SC(=O)C(=C)C)cc2c1. The van der Waals surface area contributed by atoms with Crippen molar-refractivity contribution in [1.82, 2.24) is 0 Å². The summed E-state index contributed by atoms with van der Waals surface area (Å²) in [5.41, 5.74) is 1.38. The summed E-state index contributed by atoms with van der Waals surface area (Å²) in [4.78, 5) is 38.5. The number of fused-ring (bicyclic) bond motifs is 1. The van der Waals surface area contributed by atoms with Gasteiger partial charge in [0, 0.05) is 14.7 Å². The molecule has 28 heavy (non-hydrogen) atoms. The summed E-state index contributed by atoms with van der Waals surface area (Å²) < 4.78 is 0. The standard InChI is InChI=1S/C22H20O3S3/c1-12(2)20(23)26-16-7-8-18-15(9-16)10-17(27-21(24)13(3)4)11-19(18)28-22(25)14(5)6/h7-11H,1,3,5H2,2,4,6H3. The fourth-order valence-electron chi connectivity index (χ4n) is 2.07. The van der Waals surface area contributed by atoms with E-state index in [0.29, 0.717) is 21.6 Å². The van der Waals surface area contributed by atoms with Crippen molar-refractivity contribution >= 4 is 61.4 Å². The largest absolute Gasteiger partial charge is 0.282 e. The lowest BCUT2D eigenvalue weighted by atomic mass is 10.1. The molecular formula is C22H20O3S3. The molecule has 144 valence electrons. The van der Waals surface area contributed by atoms with E-state index in [1.807, 2.05) is 30.3 Å². The van der Waals surface area contributed by atoms with E-state index in [2.05, 4.69) is 19.7 Å². The Balaban J connectivity index is 2.54. The normalized spacial score (nSPS) is 10.5. The maximum atomic E-state index is 12.2. The van der Waals surface area contributed by atoms with Gasteiger partial charge in [0.1, 0.15) is 0 Å². The zero-order chi connectivity index (χ0) is 21.0. The molecule has 0 heterocycles. The second-order valence-electron chi connectivity index (χ2n) is 6.31. The Labute approximate surface area is 177 Å². The number of carbonyl (C=O) groups is 3. The van der Waals surface area contributed by atoms with Gasteiger partial charge in [-0.05, 0) is 108 Å². The van der Waals surface area contributed by atoms with Gasteiger partial charge in [-0.15, -0.1) is 0 Å². The molecule has 6 heteroatoms. The van der Waals surface area contributed by atoms with Gasteiger partial charge < -0.3 is 0 Å². The molecule has 0 radical (unpaired) electrons. The predicted molar refractivity (Wildman–Crippen MR) is 121 cm³/mol. The number of thioether (sulfide) groups is 3. The molecule has 0 saturated heterocycles. The van der Waals surface area contributed by atoms with Crippen molar-refractivity contribution in [3.05, 3.63) is 66.8 Å². The van der Waals surface area contributed by atoms with Crippen molar-refractivity contribution in [1.29, 1.82) is 0 Å². The number of carbonyl (C=O) groups excluding carboxylic acids is 3. The Kier molecular flexibility index (Phi) is 7.52. The highest BCUT2D eigenvalue weighted by molar-refractivity contribution is 8.15. The van der Waals surface area contributed by atoms with E-state index in [4.69, 9.17) is 0 Å². The second-order valence-corrected chi connectivity index (χ2v) is 9.42. The molecule has 2 aromatic rings. The molecular weight excluding hydrogens is 408 g/mol. The lowest BCUT2D eigenvalue weighted by Crippen LogP contribution is -1.95. The van der Waals surface area contributed by atoms with Crippen LogP contribution in [0.25, 0.3) is 10.8 Å². The Morgan fingerprint density at radius 3 is 1.68 bits per heavy atom. The number of rotatable bonds is 6. The van der Waals surface area contributed by atoms with E-state index >= 15 is 0 Å². The summed E-state index contributed by atoms with van der Waals surface area (Å²) in [5, 5.41) is 1.35. The van der Waals surface area contributed by atoms with Crippen LogP contribution in [0.5, 0.6) is 0 Å². The van der Waals surface area contributed by atoms with Crippen molar-refractivity contribution in [2.45, 2.75) is 35.5 Å². The molecule has 0 N–H and O–H groups in total. The highest BCUT2D eigenvalue weighted by atomic mass is 32.2. The van der Waals surface area contributed by atoms with Crippen LogP contribution in [0.3, 0.4) is 0 Å². The van der Waals surface area contributed by atoms with Crippen LogP contribution in [-0.4, -0.2) is 15.3 Å². The smallest absolute Gasteiger partial charge is 0.219 e. The van der Waals surface area contributed by atoms with Gasteiger partial charge in [-0.1, -0.05) is 25.8 Å². The van der Waals surface area contributed by atoms with E-state index in [0.717, 1.165) is 55.8 Å². The molecule has 0 bridgehead atoms. The summed E-state index contributed by atoms with van der Waals surface area (Å²) >= 11 is 3.25.